The van der Waals surface area contributed by atoms with E-state index in [2.05, 4.69) is 0 Å². The fourth-order valence-electron chi connectivity index (χ4n) is 4.00. The first-order chi connectivity index (χ1) is 11.0. The molecule has 124 valence electrons. The van der Waals surface area contributed by atoms with E-state index in [1.807, 2.05) is 0 Å². The van der Waals surface area contributed by atoms with Crippen LogP contribution in [0, 0.1) is 11.7 Å². The van der Waals surface area contributed by atoms with E-state index in [1.165, 1.54) is 12.1 Å². The lowest BCUT2D eigenvalue weighted by Crippen LogP contribution is -2.47. The molecule has 23 heavy (non-hydrogen) atoms. The summed E-state index contributed by atoms with van der Waals surface area (Å²) >= 11 is 0. The lowest BCUT2D eigenvalue weighted by molar-refractivity contribution is -0.142. The number of hydrogen-bond donors (Lipinski definition) is 1. The van der Waals surface area contributed by atoms with Crippen molar-refractivity contribution in [3.63, 3.8) is 0 Å². The van der Waals surface area contributed by atoms with Crippen LogP contribution in [-0.2, 0) is 15.0 Å². The topological polar surface area (TPSA) is 57.6 Å². The molecule has 1 aliphatic heterocycles. The van der Waals surface area contributed by atoms with Gasteiger partial charge in [0.1, 0.15) is 5.82 Å². The smallest absolute Gasteiger partial charge is 0.308 e. The van der Waals surface area contributed by atoms with Crippen LogP contribution in [0.2, 0.25) is 0 Å². The second-order valence-corrected chi connectivity index (χ2v) is 6.72. The lowest BCUT2D eigenvalue weighted by Gasteiger charge is -2.39. The highest BCUT2D eigenvalue weighted by molar-refractivity contribution is 5.89. The summed E-state index contributed by atoms with van der Waals surface area (Å²) < 4.78 is 13.3. The number of amides is 1. The summed E-state index contributed by atoms with van der Waals surface area (Å²) in [5.41, 5.74) is 0.252. The van der Waals surface area contributed by atoms with Crippen molar-refractivity contribution in [3.05, 3.63) is 35.6 Å². The van der Waals surface area contributed by atoms with Gasteiger partial charge in [-0.1, -0.05) is 31.4 Å². The highest BCUT2D eigenvalue weighted by Crippen LogP contribution is 2.42. The van der Waals surface area contributed by atoms with Gasteiger partial charge in [0.05, 0.1) is 11.3 Å². The summed E-state index contributed by atoms with van der Waals surface area (Å²) in [7, 11) is 0. The van der Waals surface area contributed by atoms with Gasteiger partial charge in [-0.3, -0.25) is 9.59 Å². The van der Waals surface area contributed by atoms with Crippen molar-refractivity contribution in [2.24, 2.45) is 5.92 Å². The first-order valence-electron chi connectivity index (χ1n) is 8.31. The Hall–Kier alpha value is -1.91. The molecule has 1 saturated heterocycles. The van der Waals surface area contributed by atoms with Gasteiger partial charge in [0, 0.05) is 13.1 Å². The molecule has 0 bridgehead atoms. The normalized spacial score (nSPS) is 23.7. The Morgan fingerprint density at radius 3 is 2.35 bits per heavy atom. The minimum Gasteiger partial charge on any atom is -0.481 e. The highest BCUT2D eigenvalue weighted by atomic mass is 19.1. The molecule has 1 unspecified atom stereocenters. The van der Waals surface area contributed by atoms with Gasteiger partial charge in [0.2, 0.25) is 5.91 Å². The van der Waals surface area contributed by atoms with Crippen molar-refractivity contribution < 1.29 is 19.1 Å². The zero-order valence-electron chi connectivity index (χ0n) is 13.1. The van der Waals surface area contributed by atoms with Crippen LogP contribution in [0.5, 0.6) is 0 Å². The summed E-state index contributed by atoms with van der Waals surface area (Å²) in [5, 5.41) is 9.16. The first-order valence-corrected chi connectivity index (χ1v) is 8.31. The van der Waals surface area contributed by atoms with Crippen LogP contribution < -0.4 is 0 Å². The van der Waals surface area contributed by atoms with Gasteiger partial charge in [-0.05, 0) is 37.0 Å². The summed E-state index contributed by atoms with van der Waals surface area (Å²) in [5.74, 6) is -1.58. The molecule has 2 fully saturated rings. The molecule has 3 rings (SSSR count). The minimum absolute atomic E-state index is 0.0209. The van der Waals surface area contributed by atoms with Gasteiger partial charge in [-0.15, -0.1) is 0 Å². The number of carboxylic acids is 1. The molecular weight excluding hydrogens is 297 g/mol. The predicted molar refractivity (Wildman–Crippen MR) is 83.5 cm³/mol. The van der Waals surface area contributed by atoms with Crippen molar-refractivity contribution >= 4 is 11.9 Å². The van der Waals surface area contributed by atoms with Gasteiger partial charge in [0.25, 0.3) is 0 Å². The number of carboxylic acid groups (broad SMARTS) is 1. The van der Waals surface area contributed by atoms with Crippen LogP contribution in [0.25, 0.3) is 0 Å². The van der Waals surface area contributed by atoms with E-state index in [9.17, 15) is 14.0 Å². The Labute approximate surface area is 135 Å². The maximum Gasteiger partial charge on any atom is 0.308 e. The molecule has 1 aliphatic carbocycles. The third-order valence-corrected chi connectivity index (χ3v) is 5.34. The number of carbonyl (C=O) groups excluding carboxylic acids is 1. The molecule has 1 atom stereocenters. The summed E-state index contributed by atoms with van der Waals surface area (Å²) in [6, 6.07) is 6.23. The molecule has 5 heteroatoms. The van der Waals surface area contributed by atoms with E-state index < -0.39 is 17.3 Å². The standard InChI is InChI=1S/C18H22FNO3/c19-15-6-4-14(5-7-15)18(9-2-1-3-10-18)17(23)20-11-8-13(12-20)16(21)22/h4-7,13H,1-3,8-12H2,(H,21,22). The molecule has 0 aromatic heterocycles. The van der Waals surface area contributed by atoms with Gasteiger partial charge < -0.3 is 10.0 Å². The monoisotopic (exact) mass is 319 g/mol. The van der Waals surface area contributed by atoms with E-state index in [-0.39, 0.29) is 18.3 Å². The highest BCUT2D eigenvalue weighted by Gasteiger charge is 2.45. The Morgan fingerprint density at radius 2 is 1.78 bits per heavy atom. The maximum absolute atomic E-state index is 13.3. The zero-order chi connectivity index (χ0) is 16.4. The van der Waals surface area contributed by atoms with Gasteiger partial charge >= 0.3 is 5.97 Å². The summed E-state index contributed by atoms with van der Waals surface area (Å²) in [6.45, 7) is 0.788. The minimum atomic E-state index is -0.834. The molecule has 1 aromatic rings. The van der Waals surface area contributed by atoms with E-state index in [0.717, 1.165) is 37.7 Å². The average molecular weight is 319 g/mol. The summed E-state index contributed by atoms with van der Waals surface area (Å²) in [6.07, 6.45) is 5.07. The maximum atomic E-state index is 13.3. The van der Waals surface area contributed by atoms with Gasteiger partial charge in [-0.2, -0.15) is 0 Å². The number of benzene rings is 1. The van der Waals surface area contributed by atoms with Crippen LogP contribution in [0.15, 0.2) is 24.3 Å². The molecule has 1 saturated carbocycles. The molecule has 1 heterocycles. The molecule has 0 radical (unpaired) electrons. The van der Waals surface area contributed by atoms with E-state index >= 15 is 0 Å². The third-order valence-electron chi connectivity index (χ3n) is 5.34. The predicted octanol–water partition coefficient (Wildman–Crippen LogP) is 2.96. The second-order valence-electron chi connectivity index (χ2n) is 6.72. The van der Waals surface area contributed by atoms with Crippen LogP contribution in [0.3, 0.4) is 0 Å². The largest absolute Gasteiger partial charge is 0.481 e. The van der Waals surface area contributed by atoms with Crippen molar-refractivity contribution in [1.29, 1.82) is 0 Å². The Morgan fingerprint density at radius 1 is 1.13 bits per heavy atom. The number of hydrogen-bond acceptors (Lipinski definition) is 2. The fourth-order valence-corrected chi connectivity index (χ4v) is 4.00. The van der Waals surface area contributed by atoms with Gasteiger partial charge in [-0.25, -0.2) is 4.39 Å². The van der Waals surface area contributed by atoms with E-state index in [1.54, 1.807) is 17.0 Å². The molecule has 1 N–H and O–H groups in total. The number of aliphatic carboxylic acids is 1. The molecule has 1 aromatic carbocycles. The lowest BCUT2D eigenvalue weighted by atomic mass is 9.68. The molecule has 4 nitrogen and oxygen atoms in total. The number of likely N-dealkylation sites (tertiary alicyclic amines) is 1. The molecule has 1 amide bonds. The van der Waals surface area contributed by atoms with Crippen LogP contribution >= 0.6 is 0 Å². The molecule has 0 spiro atoms. The van der Waals surface area contributed by atoms with Crippen molar-refractivity contribution in [2.45, 2.75) is 43.9 Å². The number of rotatable bonds is 3. The van der Waals surface area contributed by atoms with Crippen molar-refractivity contribution in [3.8, 4) is 0 Å². The first kappa shape index (κ1) is 16.0. The van der Waals surface area contributed by atoms with Crippen LogP contribution in [-0.4, -0.2) is 35.0 Å². The fraction of sp³-hybridized carbons (Fsp3) is 0.556. The quantitative estimate of drug-likeness (QED) is 0.932. The number of carbonyl (C=O) groups is 2. The third kappa shape index (κ3) is 2.96. The number of nitrogens with zero attached hydrogens (tertiary/aromatic N) is 1. The zero-order valence-corrected chi connectivity index (χ0v) is 13.1. The van der Waals surface area contributed by atoms with Crippen molar-refractivity contribution in [2.75, 3.05) is 13.1 Å². The number of halogens is 1. The molecule has 2 aliphatic rings. The Bertz CT molecular complexity index is 593. The van der Waals surface area contributed by atoms with E-state index in [0.29, 0.717) is 13.0 Å². The molecular formula is C18H22FNO3. The Kier molecular flexibility index (Phi) is 4.37. The van der Waals surface area contributed by atoms with Crippen LogP contribution in [0.4, 0.5) is 4.39 Å². The second kappa shape index (κ2) is 6.30. The van der Waals surface area contributed by atoms with Crippen LogP contribution in [0.1, 0.15) is 44.1 Å². The Balaban J connectivity index is 1.88. The van der Waals surface area contributed by atoms with E-state index in [4.69, 9.17) is 5.11 Å². The van der Waals surface area contributed by atoms with Crippen molar-refractivity contribution in [1.82, 2.24) is 4.90 Å². The van der Waals surface area contributed by atoms with Gasteiger partial charge in [0.15, 0.2) is 0 Å². The average Bonchev–Trinajstić information content (AvgIpc) is 3.05. The SMILES string of the molecule is O=C(O)C1CCN(C(=O)C2(c3ccc(F)cc3)CCCCC2)C1. The summed E-state index contributed by atoms with van der Waals surface area (Å²) in [4.78, 5) is 26.1.